The van der Waals surface area contributed by atoms with Crippen LogP contribution >= 0.6 is 0 Å². The molecule has 6 nitrogen and oxygen atoms in total. The number of carbonyl (C=O) groups is 2. The molecule has 0 saturated carbocycles. The van der Waals surface area contributed by atoms with Crippen molar-refractivity contribution in [3.05, 3.63) is 66.8 Å². The van der Waals surface area contributed by atoms with Gasteiger partial charge in [-0.3, -0.25) is 0 Å². The van der Waals surface area contributed by atoms with Gasteiger partial charge in [-0.2, -0.15) is 0 Å². The molecule has 6 heteroatoms. The standard InChI is InChI=1S/C23H24O6/c1-15(2)22(24)28-13-12-27-21-14-18(17-6-9-19(26-5)10-7-17)8-11-20(21)29-23(25)16(3)4/h6-11,14H,1,3,12-13H2,2,4-5H3. The van der Waals surface area contributed by atoms with Crippen molar-refractivity contribution in [1.29, 1.82) is 0 Å². The molecule has 0 bridgehead atoms. The molecule has 0 spiro atoms. The third-order valence-electron chi connectivity index (χ3n) is 3.84. The Morgan fingerprint density at radius 2 is 1.45 bits per heavy atom. The van der Waals surface area contributed by atoms with Gasteiger partial charge in [0.2, 0.25) is 0 Å². The molecule has 152 valence electrons. The number of hydrogen-bond donors (Lipinski definition) is 0. The molecule has 0 saturated heterocycles. The van der Waals surface area contributed by atoms with Crippen LogP contribution in [0, 0.1) is 0 Å². The normalized spacial score (nSPS) is 10.0. The predicted molar refractivity (Wildman–Crippen MR) is 110 cm³/mol. The maximum absolute atomic E-state index is 11.9. The SMILES string of the molecule is C=C(C)C(=O)OCCOc1cc(-c2ccc(OC)cc2)ccc1OC(=O)C(=C)C. The Hall–Kier alpha value is -3.54. The maximum Gasteiger partial charge on any atom is 0.338 e. The number of ether oxygens (including phenoxy) is 4. The fourth-order valence-electron chi connectivity index (χ4n) is 2.26. The molecule has 0 N–H and O–H groups in total. The van der Waals surface area contributed by atoms with E-state index >= 15 is 0 Å². The number of benzene rings is 2. The monoisotopic (exact) mass is 396 g/mol. The van der Waals surface area contributed by atoms with E-state index in [0.717, 1.165) is 16.9 Å². The molecule has 0 aliphatic heterocycles. The molecule has 0 fully saturated rings. The van der Waals surface area contributed by atoms with Gasteiger partial charge in [-0.15, -0.1) is 0 Å². The van der Waals surface area contributed by atoms with Crippen LogP contribution in [-0.4, -0.2) is 32.3 Å². The first-order valence-corrected chi connectivity index (χ1v) is 8.93. The number of methoxy groups -OCH3 is 1. The summed E-state index contributed by atoms with van der Waals surface area (Å²) in [7, 11) is 1.60. The van der Waals surface area contributed by atoms with Gasteiger partial charge in [0.1, 0.15) is 19.0 Å². The predicted octanol–water partition coefficient (Wildman–Crippen LogP) is 4.34. The second-order valence-corrected chi connectivity index (χ2v) is 6.32. The van der Waals surface area contributed by atoms with Crippen LogP contribution in [-0.2, 0) is 14.3 Å². The van der Waals surface area contributed by atoms with Gasteiger partial charge in [-0.25, -0.2) is 9.59 Å². The van der Waals surface area contributed by atoms with Crippen molar-refractivity contribution >= 4 is 11.9 Å². The number of hydrogen-bond acceptors (Lipinski definition) is 6. The van der Waals surface area contributed by atoms with Gasteiger partial charge < -0.3 is 18.9 Å². The number of rotatable bonds is 9. The van der Waals surface area contributed by atoms with E-state index in [4.69, 9.17) is 18.9 Å². The molecule has 0 aliphatic rings. The first kappa shape index (κ1) is 21.8. The Bertz CT molecular complexity index is 911. The highest BCUT2D eigenvalue weighted by Gasteiger charge is 2.13. The lowest BCUT2D eigenvalue weighted by molar-refractivity contribution is -0.139. The summed E-state index contributed by atoms with van der Waals surface area (Å²) in [4.78, 5) is 23.4. The summed E-state index contributed by atoms with van der Waals surface area (Å²) in [6.45, 7) is 10.4. The van der Waals surface area contributed by atoms with Gasteiger partial charge in [0.15, 0.2) is 11.5 Å². The van der Waals surface area contributed by atoms with Gasteiger partial charge in [0.25, 0.3) is 0 Å². The number of esters is 2. The minimum absolute atomic E-state index is 0.0341. The average Bonchev–Trinajstić information content (AvgIpc) is 2.71. The minimum Gasteiger partial charge on any atom is -0.497 e. The van der Waals surface area contributed by atoms with Crippen LogP contribution in [0.1, 0.15) is 13.8 Å². The van der Waals surface area contributed by atoms with Crippen molar-refractivity contribution < 1.29 is 28.5 Å². The first-order valence-electron chi connectivity index (χ1n) is 8.93. The van der Waals surface area contributed by atoms with Crippen molar-refractivity contribution in [2.45, 2.75) is 13.8 Å². The molecule has 2 aromatic carbocycles. The summed E-state index contributed by atoms with van der Waals surface area (Å²) in [5, 5.41) is 0. The lowest BCUT2D eigenvalue weighted by Crippen LogP contribution is -2.14. The highest BCUT2D eigenvalue weighted by molar-refractivity contribution is 5.89. The summed E-state index contributed by atoms with van der Waals surface area (Å²) >= 11 is 0. The molecule has 0 heterocycles. The lowest BCUT2D eigenvalue weighted by Gasteiger charge is -2.14. The van der Waals surface area contributed by atoms with Crippen LogP contribution in [0.2, 0.25) is 0 Å². The van der Waals surface area contributed by atoms with Crippen molar-refractivity contribution in [2.24, 2.45) is 0 Å². The third-order valence-corrected chi connectivity index (χ3v) is 3.84. The zero-order valence-electron chi connectivity index (χ0n) is 16.8. The summed E-state index contributed by atoms with van der Waals surface area (Å²) in [5.74, 6) is 0.299. The molecule has 2 aromatic rings. The van der Waals surface area contributed by atoms with Crippen molar-refractivity contribution in [1.82, 2.24) is 0 Å². The van der Waals surface area contributed by atoms with E-state index < -0.39 is 11.9 Å². The van der Waals surface area contributed by atoms with E-state index in [1.807, 2.05) is 30.3 Å². The van der Waals surface area contributed by atoms with Crippen LogP contribution in [0.4, 0.5) is 0 Å². The van der Waals surface area contributed by atoms with E-state index in [9.17, 15) is 9.59 Å². The first-order chi connectivity index (χ1) is 13.8. The Balaban J connectivity index is 2.21. The van der Waals surface area contributed by atoms with Gasteiger partial charge in [-0.05, 0) is 49.2 Å². The minimum atomic E-state index is -0.555. The van der Waals surface area contributed by atoms with Crippen LogP contribution in [0.25, 0.3) is 11.1 Å². The van der Waals surface area contributed by atoms with E-state index in [-0.39, 0.29) is 24.5 Å². The van der Waals surface area contributed by atoms with Crippen LogP contribution < -0.4 is 14.2 Å². The van der Waals surface area contributed by atoms with Crippen molar-refractivity contribution in [2.75, 3.05) is 20.3 Å². The van der Waals surface area contributed by atoms with E-state index in [0.29, 0.717) is 11.3 Å². The molecule has 0 aliphatic carbocycles. The van der Waals surface area contributed by atoms with Gasteiger partial charge in [0.05, 0.1) is 7.11 Å². The molecular formula is C23H24O6. The quantitative estimate of drug-likeness (QED) is 0.272. The van der Waals surface area contributed by atoms with Gasteiger partial charge in [-0.1, -0.05) is 31.4 Å². The molecule has 0 amide bonds. The van der Waals surface area contributed by atoms with Crippen LogP contribution in [0.15, 0.2) is 66.8 Å². The highest BCUT2D eigenvalue weighted by atomic mass is 16.6. The van der Waals surface area contributed by atoms with E-state index in [1.54, 1.807) is 33.1 Å². The lowest BCUT2D eigenvalue weighted by atomic mass is 10.0. The molecular weight excluding hydrogens is 372 g/mol. The Morgan fingerprint density at radius 3 is 2.03 bits per heavy atom. The summed E-state index contributed by atoms with van der Waals surface area (Å²) < 4.78 is 21.3. The molecule has 0 unspecified atom stereocenters. The fourth-order valence-corrected chi connectivity index (χ4v) is 2.26. The fraction of sp³-hybridized carbons (Fsp3) is 0.217. The van der Waals surface area contributed by atoms with Crippen LogP contribution in [0.3, 0.4) is 0 Å². The smallest absolute Gasteiger partial charge is 0.338 e. The zero-order chi connectivity index (χ0) is 21.4. The average molecular weight is 396 g/mol. The molecule has 0 atom stereocenters. The summed E-state index contributed by atoms with van der Waals surface area (Å²) in [6.07, 6.45) is 0. The third kappa shape index (κ3) is 6.24. The molecule has 0 aromatic heterocycles. The van der Waals surface area contributed by atoms with Crippen molar-refractivity contribution in [3.8, 4) is 28.4 Å². The van der Waals surface area contributed by atoms with Gasteiger partial charge >= 0.3 is 11.9 Å². The van der Waals surface area contributed by atoms with Crippen molar-refractivity contribution in [3.63, 3.8) is 0 Å². The number of carbonyl (C=O) groups excluding carboxylic acids is 2. The highest BCUT2D eigenvalue weighted by Crippen LogP contribution is 2.34. The van der Waals surface area contributed by atoms with E-state index in [1.165, 1.54) is 0 Å². The Kier molecular flexibility index (Phi) is 7.60. The van der Waals surface area contributed by atoms with Crippen LogP contribution in [0.5, 0.6) is 17.2 Å². The topological polar surface area (TPSA) is 71.1 Å². The molecule has 29 heavy (non-hydrogen) atoms. The summed E-state index contributed by atoms with van der Waals surface area (Å²) in [6, 6.07) is 12.7. The zero-order valence-corrected chi connectivity index (χ0v) is 16.8. The maximum atomic E-state index is 11.9. The second-order valence-electron chi connectivity index (χ2n) is 6.32. The molecule has 0 radical (unpaired) electrons. The largest absolute Gasteiger partial charge is 0.497 e. The summed E-state index contributed by atoms with van der Waals surface area (Å²) in [5.41, 5.74) is 2.37. The molecule has 2 rings (SSSR count). The Labute approximate surface area is 170 Å². The van der Waals surface area contributed by atoms with Gasteiger partial charge in [0, 0.05) is 11.1 Å². The van der Waals surface area contributed by atoms with E-state index in [2.05, 4.69) is 13.2 Å². The Morgan fingerprint density at radius 1 is 0.828 bits per heavy atom. The second kappa shape index (κ2) is 10.1.